The van der Waals surface area contributed by atoms with Gasteiger partial charge in [0.15, 0.2) is 0 Å². The number of nitrogens with one attached hydrogen (secondary N) is 1. The van der Waals surface area contributed by atoms with Crippen LogP contribution in [0.4, 0.5) is 5.00 Å². The smallest absolute Gasteiger partial charge is 0.339 e. The van der Waals surface area contributed by atoms with E-state index in [1.807, 2.05) is 24.3 Å². The summed E-state index contributed by atoms with van der Waals surface area (Å²) in [6.45, 7) is 0.286. The summed E-state index contributed by atoms with van der Waals surface area (Å²) < 4.78 is 5.92. The topological polar surface area (TPSA) is 88.5 Å². The van der Waals surface area contributed by atoms with E-state index in [4.69, 9.17) is 4.74 Å². The molecule has 6 nitrogen and oxygen atoms in total. The lowest BCUT2D eigenvalue weighted by atomic mass is 10.0. The molecule has 0 aliphatic carbocycles. The van der Waals surface area contributed by atoms with Gasteiger partial charge in [0.05, 0.1) is 12.3 Å². The Morgan fingerprint density at radius 1 is 1.22 bits per heavy atom. The summed E-state index contributed by atoms with van der Waals surface area (Å²) in [6.07, 6.45) is 0. The Morgan fingerprint density at radius 3 is 2.63 bits per heavy atom. The minimum absolute atomic E-state index is 0.0590. The molecular formula is C19H15BrN2O4S. The number of rotatable bonds is 6. The van der Waals surface area contributed by atoms with Crippen molar-refractivity contribution in [1.82, 2.24) is 4.98 Å². The van der Waals surface area contributed by atoms with Gasteiger partial charge in [-0.1, -0.05) is 34.1 Å². The van der Waals surface area contributed by atoms with E-state index in [9.17, 15) is 14.7 Å². The molecule has 0 aliphatic heterocycles. The number of thiophene rings is 1. The van der Waals surface area contributed by atoms with Gasteiger partial charge < -0.3 is 15.2 Å². The second-order valence-electron chi connectivity index (χ2n) is 5.57. The standard InChI is InChI=1S/C19H15BrN2O4S/c1-26-9-13-3-2-4-15(21-13)17(23)22-18-16(19(24)25)14(10-27-18)11-5-7-12(20)8-6-11/h2-8,10H,9H2,1H3,(H,22,23)(H,24,25). The Balaban J connectivity index is 1.91. The molecule has 0 bridgehead atoms. The predicted molar refractivity (Wildman–Crippen MR) is 107 cm³/mol. The molecule has 8 heteroatoms. The van der Waals surface area contributed by atoms with Gasteiger partial charge in [-0.3, -0.25) is 4.79 Å². The Labute approximate surface area is 168 Å². The lowest BCUT2D eigenvalue weighted by molar-refractivity contribution is 0.0699. The van der Waals surface area contributed by atoms with Crippen LogP contribution in [0.15, 0.2) is 52.3 Å². The first-order valence-electron chi connectivity index (χ1n) is 7.86. The van der Waals surface area contributed by atoms with Crippen LogP contribution < -0.4 is 5.32 Å². The van der Waals surface area contributed by atoms with Crippen LogP contribution in [0.2, 0.25) is 0 Å². The van der Waals surface area contributed by atoms with Crippen LogP contribution in [0, 0.1) is 0 Å². The summed E-state index contributed by atoms with van der Waals surface area (Å²) >= 11 is 4.52. The van der Waals surface area contributed by atoms with Crippen LogP contribution in [0.25, 0.3) is 11.1 Å². The molecule has 0 radical (unpaired) electrons. The fourth-order valence-corrected chi connectivity index (χ4v) is 3.73. The number of nitrogens with zero attached hydrogens (tertiary/aromatic N) is 1. The summed E-state index contributed by atoms with van der Waals surface area (Å²) in [5.74, 6) is -1.58. The Morgan fingerprint density at radius 2 is 1.96 bits per heavy atom. The second kappa shape index (κ2) is 8.43. The van der Waals surface area contributed by atoms with Crippen LogP contribution >= 0.6 is 27.3 Å². The fraction of sp³-hybridized carbons (Fsp3) is 0.105. The molecule has 1 aromatic carbocycles. The fourth-order valence-electron chi connectivity index (χ4n) is 2.51. The van der Waals surface area contributed by atoms with Gasteiger partial charge >= 0.3 is 5.97 Å². The van der Waals surface area contributed by atoms with Crippen molar-refractivity contribution >= 4 is 44.1 Å². The van der Waals surface area contributed by atoms with E-state index in [1.165, 1.54) is 0 Å². The third-order valence-electron chi connectivity index (χ3n) is 3.72. The summed E-state index contributed by atoms with van der Waals surface area (Å²) in [5, 5.41) is 14.3. The average Bonchev–Trinajstić information content (AvgIpc) is 3.06. The molecule has 138 valence electrons. The van der Waals surface area contributed by atoms with E-state index >= 15 is 0 Å². The van der Waals surface area contributed by atoms with Gasteiger partial charge in [0.25, 0.3) is 5.91 Å². The van der Waals surface area contributed by atoms with Gasteiger partial charge in [0.1, 0.15) is 16.3 Å². The molecule has 2 heterocycles. The molecule has 27 heavy (non-hydrogen) atoms. The Hall–Kier alpha value is -2.55. The molecule has 0 unspecified atom stereocenters. The summed E-state index contributed by atoms with van der Waals surface area (Å²) in [7, 11) is 1.54. The van der Waals surface area contributed by atoms with Crippen LogP contribution in [0.3, 0.4) is 0 Å². The van der Waals surface area contributed by atoms with Crippen molar-refractivity contribution in [1.29, 1.82) is 0 Å². The number of hydrogen-bond acceptors (Lipinski definition) is 5. The first kappa shape index (κ1) is 19.2. The number of carbonyl (C=O) groups excluding carboxylic acids is 1. The number of hydrogen-bond donors (Lipinski definition) is 2. The summed E-state index contributed by atoms with van der Waals surface area (Å²) in [6, 6.07) is 12.3. The highest BCUT2D eigenvalue weighted by molar-refractivity contribution is 9.10. The predicted octanol–water partition coefficient (Wildman–Crippen LogP) is 4.67. The van der Waals surface area contributed by atoms with E-state index in [1.54, 1.807) is 30.7 Å². The number of aromatic carboxylic acids is 1. The first-order chi connectivity index (χ1) is 13.0. The third-order valence-corrected chi connectivity index (χ3v) is 5.14. The molecule has 3 rings (SSSR count). The highest BCUT2D eigenvalue weighted by Crippen LogP contribution is 2.36. The molecule has 0 aliphatic rings. The maximum Gasteiger partial charge on any atom is 0.339 e. The number of methoxy groups -OCH3 is 1. The molecule has 2 N–H and O–H groups in total. The van der Waals surface area contributed by atoms with Gasteiger partial charge in [-0.25, -0.2) is 9.78 Å². The van der Waals surface area contributed by atoms with E-state index in [0.29, 0.717) is 11.3 Å². The number of ether oxygens (including phenoxy) is 1. The molecule has 0 saturated heterocycles. The van der Waals surface area contributed by atoms with Gasteiger partial charge in [-0.2, -0.15) is 0 Å². The number of carbonyl (C=O) groups is 2. The van der Waals surface area contributed by atoms with Crippen LogP contribution in [0.5, 0.6) is 0 Å². The molecule has 2 aromatic heterocycles. The SMILES string of the molecule is COCc1cccc(C(=O)Nc2scc(-c3ccc(Br)cc3)c2C(=O)O)n1. The maximum absolute atomic E-state index is 12.5. The second-order valence-corrected chi connectivity index (χ2v) is 7.36. The number of aromatic nitrogens is 1. The van der Waals surface area contributed by atoms with Crippen LogP contribution in [-0.4, -0.2) is 29.1 Å². The first-order valence-corrected chi connectivity index (χ1v) is 9.54. The number of halogens is 1. The van der Waals surface area contributed by atoms with Gasteiger partial charge in [0, 0.05) is 22.5 Å². The van der Waals surface area contributed by atoms with Crippen LogP contribution in [-0.2, 0) is 11.3 Å². The zero-order valence-electron chi connectivity index (χ0n) is 14.2. The van der Waals surface area contributed by atoms with Crippen molar-refractivity contribution in [2.75, 3.05) is 12.4 Å². The van der Waals surface area contributed by atoms with E-state index in [2.05, 4.69) is 26.2 Å². The van der Waals surface area contributed by atoms with Gasteiger partial charge in [-0.15, -0.1) is 11.3 Å². The molecule has 3 aromatic rings. The third kappa shape index (κ3) is 4.41. The van der Waals surface area contributed by atoms with Crippen molar-refractivity contribution in [3.05, 3.63) is 69.3 Å². The van der Waals surface area contributed by atoms with Crippen molar-refractivity contribution in [3.8, 4) is 11.1 Å². The van der Waals surface area contributed by atoms with Crippen molar-refractivity contribution in [2.24, 2.45) is 0 Å². The van der Waals surface area contributed by atoms with Gasteiger partial charge in [-0.05, 0) is 29.8 Å². The van der Waals surface area contributed by atoms with Crippen molar-refractivity contribution in [3.63, 3.8) is 0 Å². The maximum atomic E-state index is 12.5. The van der Waals surface area contributed by atoms with Crippen molar-refractivity contribution in [2.45, 2.75) is 6.61 Å². The minimum atomic E-state index is -1.11. The molecule has 0 spiro atoms. The monoisotopic (exact) mass is 446 g/mol. The number of pyridine rings is 1. The highest BCUT2D eigenvalue weighted by atomic mass is 79.9. The lowest BCUT2D eigenvalue weighted by Crippen LogP contribution is -2.15. The normalized spacial score (nSPS) is 10.6. The van der Waals surface area contributed by atoms with Crippen molar-refractivity contribution < 1.29 is 19.4 Å². The Kier molecular flexibility index (Phi) is 6.00. The lowest BCUT2D eigenvalue weighted by Gasteiger charge is -2.07. The zero-order valence-corrected chi connectivity index (χ0v) is 16.6. The number of anilines is 1. The molecule has 0 atom stereocenters. The van der Waals surface area contributed by atoms with E-state index in [-0.39, 0.29) is 22.9 Å². The van der Waals surface area contributed by atoms with E-state index < -0.39 is 11.9 Å². The molecule has 0 saturated carbocycles. The van der Waals surface area contributed by atoms with Gasteiger partial charge in [0.2, 0.25) is 0 Å². The molecule has 0 fully saturated rings. The highest BCUT2D eigenvalue weighted by Gasteiger charge is 2.22. The van der Waals surface area contributed by atoms with E-state index in [0.717, 1.165) is 21.4 Å². The Bertz CT molecular complexity index is 986. The summed E-state index contributed by atoms with van der Waals surface area (Å²) in [5.41, 5.74) is 2.18. The number of benzene rings is 1. The number of carboxylic acid groups (broad SMARTS) is 1. The zero-order chi connectivity index (χ0) is 19.4. The number of amides is 1. The minimum Gasteiger partial charge on any atom is -0.478 e. The number of carboxylic acids is 1. The summed E-state index contributed by atoms with van der Waals surface area (Å²) in [4.78, 5) is 28.6. The quantitative estimate of drug-likeness (QED) is 0.574. The largest absolute Gasteiger partial charge is 0.478 e. The average molecular weight is 447 g/mol. The molecule has 1 amide bonds. The molecular weight excluding hydrogens is 432 g/mol. The van der Waals surface area contributed by atoms with Crippen LogP contribution in [0.1, 0.15) is 26.5 Å².